The van der Waals surface area contributed by atoms with Crippen molar-refractivity contribution in [2.75, 3.05) is 11.1 Å². The van der Waals surface area contributed by atoms with Crippen LogP contribution >= 0.6 is 12.4 Å². The highest BCUT2D eigenvalue weighted by Gasteiger charge is 2.22. The molecule has 0 saturated heterocycles. The van der Waals surface area contributed by atoms with Gasteiger partial charge in [-0.2, -0.15) is 0 Å². The van der Waals surface area contributed by atoms with E-state index in [0.29, 0.717) is 11.6 Å². The summed E-state index contributed by atoms with van der Waals surface area (Å²) in [6, 6.07) is 8.14. The third-order valence-electron chi connectivity index (χ3n) is 3.74. The molecule has 1 aliphatic carbocycles. The summed E-state index contributed by atoms with van der Waals surface area (Å²) >= 11 is 0. The van der Waals surface area contributed by atoms with E-state index in [0.717, 1.165) is 23.9 Å². The van der Waals surface area contributed by atoms with Gasteiger partial charge in [0.2, 0.25) is 0 Å². The Kier molecular flexibility index (Phi) is 4.62. The van der Waals surface area contributed by atoms with Crippen LogP contribution in [0.3, 0.4) is 0 Å². The number of nitrogens with one attached hydrogen (secondary N) is 1. The molecule has 5 N–H and O–H groups in total. The molecule has 6 heteroatoms. The minimum Gasteiger partial charge on any atom is -0.381 e. The van der Waals surface area contributed by atoms with Crippen molar-refractivity contribution in [3.05, 3.63) is 24.3 Å². The average Bonchev–Trinajstić information content (AvgIpc) is 2.42. The summed E-state index contributed by atoms with van der Waals surface area (Å²) < 4.78 is 0. The second kappa shape index (κ2) is 6.24. The molecule has 0 spiro atoms. The zero-order valence-electron chi connectivity index (χ0n) is 11.2. The zero-order valence-corrected chi connectivity index (χ0v) is 12.1. The van der Waals surface area contributed by atoms with E-state index in [1.165, 1.54) is 12.8 Å². The number of benzene rings is 1. The number of fused-ring (bicyclic) bond motifs is 1. The first kappa shape index (κ1) is 14.8. The molecule has 0 amide bonds. The van der Waals surface area contributed by atoms with E-state index in [2.05, 4.69) is 15.3 Å². The molecule has 108 valence electrons. The highest BCUT2D eigenvalue weighted by atomic mass is 35.5. The van der Waals surface area contributed by atoms with E-state index in [-0.39, 0.29) is 24.5 Å². The molecule has 3 rings (SSSR count). The lowest BCUT2D eigenvalue weighted by atomic mass is 9.91. The second-order valence-electron chi connectivity index (χ2n) is 5.15. The molecule has 1 saturated carbocycles. The summed E-state index contributed by atoms with van der Waals surface area (Å²) in [6.45, 7) is 0. The van der Waals surface area contributed by atoms with Crippen LogP contribution in [0.1, 0.15) is 25.7 Å². The number of aromatic nitrogens is 2. The van der Waals surface area contributed by atoms with Gasteiger partial charge < -0.3 is 16.8 Å². The number of anilines is 2. The highest BCUT2D eigenvalue weighted by Crippen LogP contribution is 2.24. The van der Waals surface area contributed by atoms with Crippen molar-refractivity contribution in [2.24, 2.45) is 5.73 Å². The normalized spacial score (nSPS) is 22.2. The molecule has 1 heterocycles. The van der Waals surface area contributed by atoms with Crippen molar-refractivity contribution in [3.63, 3.8) is 0 Å². The Hall–Kier alpha value is -1.59. The molecule has 0 bridgehead atoms. The van der Waals surface area contributed by atoms with Crippen LogP contribution in [0.2, 0.25) is 0 Å². The Labute approximate surface area is 124 Å². The molecule has 1 aromatic carbocycles. The maximum atomic E-state index is 6.14. The number of nitrogens with two attached hydrogens (primary N) is 2. The van der Waals surface area contributed by atoms with Crippen molar-refractivity contribution in [3.8, 4) is 0 Å². The molecular formula is C14H20ClN5. The van der Waals surface area contributed by atoms with Crippen molar-refractivity contribution in [2.45, 2.75) is 37.8 Å². The Morgan fingerprint density at radius 3 is 2.40 bits per heavy atom. The number of rotatable bonds is 2. The van der Waals surface area contributed by atoms with E-state index in [4.69, 9.17) is 11.5 Å². The fourth-order valence-corrected chi connectivity index (χ4v) is 2.63. The van der Waals surface area contributed by atoms with Crippen molar-refractivity contribution >= 4 is 35.1 Å². The molecule has 1 aliphatic rings. The molecule has 0 aliphatic heterocycles. The van der Waals surface area contributed by atoms with Crippen LogP contribution in [-0.2, 0) is 0 Å². The van der Waals surface area contributed by atoms with E-state index < -0.39 is 0 Å². The van der Waals surface area contributed by atoms with E-state index in [9.17, 15) is 0 Å². The molecule has 20 heavy (non-hydrogen) atoms. The van der Waals surface area contributed by atoms with E-state index >= 15 is 0 Å². The van der Waals surface area contributed by atoms with Crippen LogP contribution in [0.15, 0.2) is 24.3 Å². The van der Waals surface area contributed by atoms with Crippen LogP contribution in [0, 0.1) is 0 Å². The Morgan fingerprint density at radius 2 is 1.70 bits per heavy atom. The smallest absolute Gasteiger partial charge is 0.169 e. The third-order valence-corrected chi connectivity index (χ3v) is 3.74. The SMILES string of the molecule is Cl.Nc1nc2ccccc2nc1NC1CCCCC1N. The van der Waals surface area contributed by atoms with E-state index in [1.54, 1.807) is 0 Å². The van der Waals surface area contributed by atoms with Gasteiger partial charge in [-0.1, -0.05) is 25.0 Å². The maximum absolute atomic E-state index is 6.14. The molecule has 2 unspecified atom stereocenters. The monoisotopic (exact) mass is 293 g/mol. The molecule has 1 aromatic heterocycles. The van der Waals surface area contributed by atoms with Gasteiger partial charge in [0.1, 0.15) is 0 Å². The number of para-hydroxylation sites is 2. The maximum Gasteiger partial charge on any atom is 0.169 e. The van der Waals surface area contributed by atoms with Gasteiger partial charge in [-0.3, -0.25) is 0 Å². The van der Waals surface area contributed by atoms with Crippen LogP contribution in [0.4, 0.5) is 11.6 Å². The van der Waals surface area contributed by atoms with Gasteiger partial charge >= 0.3 is 0 Å². The van der Waals surface area contributed by atoms with Gasteiger partial charge in [-0.05, 0) is 25.0 Å². The summed E-state index contributed by atoms with van der Waals surface area (Å²) in [5.41, 5.74) is 13.8. The van der Waals surface area contributed by atoms with Gasteiger partial charge in [0.05, 0.1) is 11.0 Å². The lowest BCUT2D eigenvalue weighted by Gasteiger charge is -2.29. The predicted molar refractivity (Wildman–Crippen MR) is 85.1 cm³/mol. The average molecular weight is 294 g/mol. The lowest BCUT2D eigenvalue weighted by molar-refractivity contribution is 0.403. The minimum atomic E-state index is 0. The van der Waals surface area contributed by atoms with Crippen LogP contribution in [0.25, 0.3) is 11.0 Å². The first-order chi connectivity index (χ1) is 9.24. The first-order valence-corrected chi connectivity index (χ1v) is 6.78. The summed E-state index contributed by atoms with van der Waals surface area (Å²) in [4.78, 5) is 8.93. The number of nitrogens with zero attached hydrogens (tertiary/aromatic N) is 2. The third kappa shape index (κ3) is 2.94. The lowest BCUT2D eigenvalue weighted by Crippen LogP contribution is -2.42. The summed E-state index contributed by atoms with van der Waals surface area (Å²) in [6.07, 6.45) is 4.53. The summed E-state index contributed by atoms with van der Waals surface area (Å²) in [5.74, 6) is 1.09. The van der Waals surface area contributed by atoms with Gasteiger partial charge in [0.25, 0.3) is 0 Å². The number of hydrogen-bond acceptors (Lipinski definition) is 5. The van der Waals surface area contributed by atoms with Crippen molar-refractivity contribution < 1.29 is 0 Å². The standard InChI is InChI=1S/C14H19N5.ClH/c15-9-5-1-2-6-10(9)18-14-13(16)17-11-7-3-4-8-12(11)19-14;/h3-4,7-10H,1-2,5-6,15H2,(H2,16,17)(H,18,19);1H. The van der Waals surface area contributed by atoms with Crippen LogP contribution in [-0.4, -0.2) is 22.1 Å². The summed E-state index contributed by atoms with van der Waals surface area (Å²) in [7, 11) is 0. The number of halogens is 1. The minimum absolute atomic E-state index is 0. The zero-order chi connectivity index (χ0) is 13.2. The number of hydrogen-bond donors (Lipinski definition) is 3. The second-order valence-corrected chi connectivity index (χ2v) is 5.15. The van der Waals surface area contributed by atoms with Crippen molar-refractivity contribution in [1.82, 2.24) is 9.97 Å². The van der Waals surface area contributed by atoms with Gasteiger partial charge in [0, 0.05) is 12.1 Å². The van der Waals surface area contributed by atoms with Gasteiger partial charge in [-0.15, -0.1) is 12.4 Å². The molecule has 2 aromatic rings. The Balaban J connectivity index is 0.00000147. The van der Waals surface area contributed by atoms with Crippen LogP contribution in [0.5, 0.6) is 0 Å². The Morgan fingerprint density at radius 1 is 1.05 bits per heavy atom. The van der Waals surface area contributed by atoms with Gasteiger partial charge in [-0.25, -0.2) is 9.97 Å². The van der Waals surface area contributed by atoms with Gasteiger partial charge in [0.15, 0.2) is 11.6 Å². The molecule has 0 radical (unpaired) electrons. The molecule has 2 atom stereocenters. The fraction of sp³-hybridized carbons (Fsp3) is 0.429. The Bertz CT molecular complexity index is 589. The molecule has 5 nitrogen and oxygen atoms in total. The van der Waals surface area contributed by atoms with Crippen LogP contribution < -0.4 is 16.8 Å². The van der Waals surface area contributed by atoms with E-state index in [1.807, 2.05) is 24.3 Å². The molecular weight excluding hydrogens is 274 g/mol. The quantitative estimate of drug-likeness (QED) is 0.790. The fourth-order valence-electron chi connectivity index (χ4n) is 2.63. The predicted octanol–water partition coefficient (Wildman–Crippen LogP) is 2.32. The number of nitrogen functional groups attached to an aromatic ring is 1. The topological polar surface area (TPSA) is 89.8 Å². The highest BCUT2D eigenvalue weighted by molar-refractivity contribution is 5.85. The van der Waals surface area contributed by atoms with Crippen molar-refractivity contribution in [1.29, 1.82) is 0 Å². The summed E-state index contributed by atoms with van der Waals surface area (Å²) in [5, 5.41) is 3.37. The largest absolute Gasteiger partial charge is 0.381 e. The first-order valence-electron chi connectivity index (χ1n) is 6.78. The molecule has 1 fully saturated rings.